The quantitative estimate of drug-likeness (QED) is 0.715. The van der Waals surface area contributed by atoms with Crippen molar-refractivity contribution in [3.05, 3.63) is 35.4 Å². The van der Waals surface area contributed by atoms with Gasteiger partial charge in [-0.2, -0.15) is 0 Å². The highest BCUT2D eigenvalue weighted by Crippen LogP contribution is 2.47. The molecule has 1 aromatic carbocycles. The highest BCUT2D eigenvalue weighted by molar-refractivity contribution is 5.73. The van der Waals surface area contributed by atoms with Gasteiger partial charge >= 0.3 is 6.03 Å². The minimum absolute atomic E-state index is 0.169. The smallest absolute Gasteiger partial charge is 0.314 e. The molecule has 24 heavy (non-hydrogen) atoms. The van der Waals surface area contributed by atoms with Gasteiger partial charge in [0, 0.05) is 32.7 Å². The summed E-state index contributed by atoms with van der Waals surface area (Å²) >= 11 is 0. The molecule has 1 unspecified atom stereocenters. The Morgan fingerprint density at radius 3 is 2.75 bits per heavy atom. The largest absolute Gasteiger partial charge is 0.390 e. The molecule has 3 rings (SSSR count). The Labute approximate surface area is 144 Å². The zero-order valence-corrected chi connectivity index (χ0v) is 14.6. The maximum absolute atomic E-state index is 11.8. The second-order valence-corrected chi connectivity index (χ2v) is 7.32. The first-order valence-electron chi connectivity index (χ1n) is 9.09. The molecule has 0 spiro atoms. The SMILES string of the molecule is CCC1(CNC(=O)NCC(O)CN2CCc3ccccc3C2)CC1. The van der Waals surface area contributed by atoms with E-state index in [1.165, 1.54) is 24.0 Å². The van der Waals surface area contributed by atoms with Gasteiger partial charge in [-0.25, -0.2) is 4.79 Å². The van der Waals surface area contributed by atoms with Crippen LogP contribution in [0.3, 0.4) is 0 Å². The first-order chi connectivity index (χ1) is 11.6. The zero-order chi connectivity index (χ0) is 17.0. The fourth-order valence-corrected chi connectivity index (χ4v) is 3.45. The number of hydrogen-bond acceptors (Lipinski definition) is 3. The third-order valence-electron chi connectivity index (χ3n) is 5.51. The van der Waals surface area contributed by atoms with Gasteiger partial charge in [-0.15, -0.1) is 0 Å². The maximum atomic E-state index is 11.8. The standard InChI is InChI=1S/C19H29N3O2/c1-2-19(8-9-19)14-21-18(24)20-11-17(23)13-22-10-7-15-5-3-4-6-16(15)12-22/h3-6,17,23H,2,7-14H2,1H3,(H2,20,21,24). The van der Waals surface area contributed by atoms with E-state index in [0.717, 1.165) is 32.5 Å². The molecular formula is C19H29N3O2. The Bertz CT molecular complexity index is 571. The lowest BCUT2D eigenvalue weighted by atomic mass is 10.00. The van der Waals surface area contributed by atoms with E-state index in [1.54, 1.807) is 0 Å². The van der Waals surface area contributed by atoms with E-state index in [9.17, 15) is 9.90 Å². The van der Waals surface area contributed by atoms with Crippen molar-refractivity contribution in [2.24, 2.45) is 5.41 Å². The van der Waals surface area contributed by atoms with Crippen molar-refractivity contribution in [3.63, 3.8) is 0 Å². The van der Waals surface area contributed by atoms with Gasteiger partial charge in [0.25, 0.3) is 0 Å². The van der Waals surface area contributed by atoms with Crippen molar-refractivity contribution in [1.29, 1.82) is 0 Å². The molecule has 1 saturated carbocycles. The van der Waals surface area contributed by atoms with Crippen molar-refractivity contribution < 1.29 is 9.90 Å². The minimum atomic E-state index is -0.540. The molecular weight excluding hydrogens is 302 g/mol. The normalized spacial score (nSPS) is 20.1. The number of aliphatic hydroxyl groups excluding tert-OH is 1. The van der Waals surface area contributed by atoms with Gasteiger partial charge in [-0.3, -0.25) is 4.90 Å². The van der Waals surface area contributed by atoms with Crippen LogP contribution in [0.5, 0.6) is 0 Å². The molecule has 1 fully saturated rings. The predicted molar refractivity (Wildman–Crippen MR) is 94.8 cm³/mol. The first-order valence-corrected chi connectivity index (χ1v) is 9.09. The van der Waals surface area contributed by atoms with Crippen LogP contribution in [0.1, 0.15) is 37.3 Å². The third-order valence-corrected chi connectivity index (χ3v) is 5.51. The van der Waals surface area contributed by atoms with Crippen LogP contribution in [0, 0.1) is 5.41 Å². The van der Waals surface area contributed by atoms with Crippen molar-refractivity contribution in [3.8, 4) is 0 Å². The minimum Gasteiger partial charge on any atom is -0.390 e. The average molecular weight is 331 g/mol. The van der Waals surface area contributed by atoms with Crippen LogP contribution in [-0.2, 0) is 13.0 Å². The van der Waals surface area contributed by atoms with Crippen molar-refractivity contribution in [2.45, 2.75) is 45.3 Å². The number of aliphatic hydroxyl groups is 1. The number of nitrogens with zero attached hydrogens (tertiary/aromatic N) is 1. The van der Waals surface area contributed by atoms with Crippen molar-refractivity contribution in [2.75, 3.05) is 26.2 Å². The average Bonchev–Trinajstić information content (AvgIpc) is 3.39. The summed E-state index contributed by atoms with van der Waals surface area (Å²) in [4.78, 5) is 14.1. The molecule has 1 aliphatic carbocycles. The summed E-state index contributed by atoms with van der Waals surface area (Å²) < 4.78 is 0. The first kappa shape index (κ1) is 17.2. The van der Waals surface area contributed by atoms with E-state index in [2.05, 4.69) is 46.7 Å². The monoisotopic (exact) mass is 331 g/mol. The molecule has 0 saturated heterocycles. The van der Waals surface area contributed by atoms with Gasteiger partial charge in [0.05, 0.1) is 6.10 Å². The highest BCUT2D eigenvalue weighted by atomic mass is 16.3. The van der Waals surface area contributed by atoms with Crippen LogP contribution >= 0.6 is 0 Å². The van der Waals surface area contributed by atoms with E-state index >= 15 is 0 Å². The molecule has 132 valence electrons. The molecule has 5 nitrogen and oxygen atoms in total. The molecule has 0 radical (unpaired) electrons. The lowest BCUT2D eigenvalue weighted by Gasteiger charge is -2.30. The number of fused-ring (bicyclic) bond motifs is 1. The van der Waals surface area contributed by atoms with Crippen LogP contribution in [0.15, 0.2) is 24.3 Å². The van der Waals surface area contributed by atoms with Gasteiger partial charge in [-0.05, 0) is 42.2 Å². The summed E-state index contributed by atoms with van der Waals surface area (Å²) in [6, 6.07) is 8.31. The Kier molecular flexibility index (Phi) is 5.41. The van der Waals surface area contributed by atoms with Gasteiger partial charge in [-0.1, -0.05) is 31.2 Å². The van der Waals surface area contributed by atoms with E-state index in [4.69, 9.17) is 0 Å². The van der Waals surface area contributed by atoms with Gasteiger partial charge in [0.2, 0.25) is 0 Å². The molecule has 0 bridgehead atoms. The molecule has 1 heterocycles. The van der Waals surface area contributed by atoms with Crippen LogP contribution in [0.4, 0.5) is 4.79 Å². The summed E-state index contributed by atoms with van der Waals surface area (Å²) in [5.41, 5.74) is 3.10. The van der Waals surface area contributed by atoms with E-state index < -0.39 is 6.10 Å². The second kappa shape index (κ2) is 7.53. The lowest BCUT2D eigenvalue weighted by molar-refractivity contribution is 0.105. The number of β-amino-alcohol motifs (C(OH)–C–C–N with tert-alkyl or cyclic N) is 1. The molecule has 2 aliphatic rings. The Hall–Kier alpha value is -1.59. The molecule has 2 amide bonds. The summed E-state index contributed by atoms with van der Waals surface area (Å²) in [5.74, 6) is 0. The van der Waals surface area contributed by atoms with E-state index in [-0.39, 0.29) is 6.03 Å². The van der Waals surface area contributed by atoms with Crippen LogP contribution in [0.25, 0.3) is 0 Å². The zero-order valence-electron chi connectivity index (χ0n) is 14.6. The molecule has 1 atom stereocenters. The van der Waals surface area contributed by atoms with Crippen LogP contribution in [0.2, 0.25) is 0 Å². The van der Waals surface area contributed by atoms with Gasteiger partial charge < -0.3 is 15.7 Å². The number of benzene rings is 1. The highest BCUT2D eigenvalue weighted by Gasteiger charge is 2.40. The van der Waals surface area contributed by atoms with E-state index in [0.29, 0.717) is 18.5 Å². The van der Waals surface area contributed by atoms with Crippen LogP contribution in [-0.4, -0.2) is 48.3 Å². The molecule has 1 aliphatic heterocycles. The van der Waals surface area contributed by atoms with Gasteiger partial charge in [0.15, 0.2) is 0 Å². The topological polar surface area (TPSA) is 64.6 Å². The van der Waals surface area contributed by atoms with Gasteiger partial charge in [0.1, 0.15) is 0 Å². The second-order valence-electron chi connectivity index (χ2n) is 7.32. The van der Waals surface area contributed by atoms with Crippen molar-refractivity contribution in [1.82, 2.24) is 15.5 Å². The number of hydrogen-bond donors (Lipinski definition) is 3. The van der Waals surface area contributed by atoms with Crippen molar-refractivity contribution >= 4 is 6.03 Å². The third kappa shape index (κ3) is 4.48. The number of carbonyl (C=O) groups excluding carboxylic acids is 1. The summed E-state index contributed by atoms with van der Waals surface area (Å²) in [7, 11) is 0. The molecule has 5 heteroatoms. The fourth-order valence-electron chi connectivity index (χ4n) is 3.45. The Balaban J connectivity index is 1.35. The number of urea groups is 1. The number of carbonyl (C=O) groups is 1. The predicted octanol–water partition coefficient (Wildman–Crippen LogP) is 1.90. The number of nitrogens with one attached hydrogen (secondary N) is 2. The number of amides is 2. The summed E-state index contributed by atoms with van der Waals surface area (Å²) in [6.07, 6.45) is 4.02. The van der Waals surface area contributed by atoms with Crippen LogP contribution < -0.4 is 10.6 Å². The van der Waals surface area contributed by atoms with E-state index in [1.807, 2.05) is 0 Å². The Morgan fingerprint density at radius 1 is 1.29 bits per heavy atom. The fraction of sp³-hybridized carbons (Fsp3) is 0.632. The Morgan fingerprint density at radius 2 is 2.04 bits per heavy atom. The summed E-state index contributed by atoms with van der Waals surface area (Å²) in [6.45, 7) is 5.63. The lowest BCUT2D eigenvalue weighted by Crippen LogP contribution is -2.45. The summed E-state index contributed by atoms with van der Waals surface area (Å²) in [5, 5.41) is 15.9. The maximum Gasteiger partial charge on any atom is 0.314 e. The molecule has 1 aromatic rings. The number of rotatable bonds is 7. The molecule has 0 aromatic heterocycles. The molecule has 3 N–H and O–H groups in total.